The van der Waals surface area contributed by atoms with Crippen LogP contribution < -0.4 is 5.32 Å². The fraction of sp³-hybridized carbons (Fsp3) is 0.364. The second kappa shape index (κ2) is 8.57. The van der Waals surface area contributed by atoms with Crippen LogP contribution >= 0.6 is 11.6 Å². The minimum absolute atomic E-state index is 0.0135. The largest absolute Gasteiger partial charge is 0.356 e. The van der Waals surface area contributed by atoms with Gasteiger partial charge in [0, 0.05) is 25.6 Å². The normalized spacial score (nSPS) is 19.1. The summed E-state index contributed by atoms with van der Waals surface area (Å²) >= 11 is 6.22. The molecule has 1 fully saturated rings. The van der Waals surface area contributed by atoms with Crippen LogP contribution in [-0.4, -0.2) is 36.3 Å². The number of aryl methyl sites for hydroxylation is 1. The van der Waals surface area contributed by atoms with Crippen molar-refractivity contribution in [3.05, 3.63) is 70.2 Å². The Morgan fingerprint density at radius 3 is 2.52 bits per heavy atom. The predicted octanol–water partition coefficient (Wildman–Crippen LogP) is 4.03. The molecule has 0 aliphatic carbocycles. The van der Waals surface area contributed by atoms with Gasteiger partial charge in [-0.15, -0.1) is 0 Å². The Labute approximate surface area is 165 Å². The number of nitrogens with one attached hydrogen (secondary N) is 1. The van der Waals surface area contributed by atoms with E-state index in [2.05, 4.69) is 24.4 Å². The first kappa shape index (κ1) is 19.4. The van der Waals surface area contributed by atoms with E-state index in [0.717, 1.165) is 17.5 Å². The van der Waals surface area contributed by atoms with Gasteiger partial charge in [-0.25, -0.2) is 0 Å². The minimum Gasteiger partial charge on any atom is -0.356 e. The van der Waals surface area contributed by atoms with Crippen LogP contribution in [0.1, 0.15) is 40.7 Å². The molecule has 0 spiro atoms. The third kappa shape index (κ3) is 4.16. The zero-order valence-corrected chi connectivity index (χ0v) is 16.5. The summed E-state index contributed by atoms with van der Waals surface area (Å²) in [4.78, 5) is 27.6. The van der Waals surface area contributed by atoms with E-state index in [1.54, 1.807) is 29.2 Å². The van der Waals surface area contributed by atoms with Gasteiger partial charge in [-0.1, -0.05) is 54.9 Å². The Bertz CT molecular complexity index is 837. The van der Waals surface area contributed by atoms with Crippen molar-refractivity contribution < 1.29 is 9.59 Å². The lowest BCUT2D eigenvalue weighted by atomic mass is 9.86. The van der Waals surface area contributed by atoms with Crippen molar-refractivity contribution in [3.8, 4) is 0 Å². The van der Waals surface area contributed by atoms with Gasteiger partial charge in [0.1, 0.15) is 0 Å². The molecule has 2 aromatic rings. The van der Waals surface area contributed by atoms with E-state index in [0.29, 0.717) is 30.2 Å². The number of hydrogen-bond donors (Lipinski definition) is 1. The molecular weight excluding hydrogens is 360 g/mol. The van der Waals surface area contributed by atoms with Crippen molar-refractivity contribution in [2.24, 2.45) is 5.92 Å². The van der Waals surface area contributed by atoms with Crippen molar-refractivity contribution in [3.63, 3.8) is 0 Å². The number of halogens is 1. The van der Waals surface area contributed by atoms with Crippen LogP contribution in [0.5, 0.6) is 0 Å². The predicted molar refractivity (Wildman–Crippen MR) is 108 cm³/mol. The molecule has 1 aliphatic heterocycles. The number of likely N-dealkylation sites (tertiary alicyclic amines) is 1. The summed E-state index contributed by atoms with van der Waals surface area (Å²) < 4.78 is 0. The Morgan fingerprint density at radius 1 is 1.11 bits per heavy atom. The number of amides is 2. The maximum absolute atomic E-state index is 13.0. The highest BCUT2D eigenvalue weighted by Crippen LogP contribution is 2.35. The topological polar surface area (TPSA) is 49.4 Å². The van der Waals surface area contributed by atoms with Crippen LogP contribution in [0.2, 0.25) is 5.02 Å². The molecule has 1 N–H and O–H groups in total. The molecular formula is C22H25ClN2O2. The number of carbonyl (C=O) groups excluding carboxylic acids is 2. The molecule has 3 rings (SSSR count). The summed E-state index contributed by atoms with van der Waals surface area (Å²) in [7, 11) is 0. The van der Waals surface area contributed by atoms with Crippen molar-refractivity contribution in [2.75, 3.05) is 19.6 Å². The lowest BCUT2D eigenvalue weighted by molar-refractivity contribution is -0.124. The summed E-state index contributed by atoms with van der Waals surface area (Å²) in [6.07, 6.45) is 0.885. The molecule has 0 aromatic heterocycles. The van der Waals surface area contributed by atoms with E-state index in [9.17, 15) is 9.59 Å². The number of hydrogen-bond acceptors (Lipinski definition) is 2. The summed E-state index contributed by atoms with van der Waals surface area (Å²) in [5, 5.41) is 3.44. The van der Waals surface area contributed by atoms with Crippen molar-refractivity contribution in [2.45, 2.75) is 26.2 Å². The van der Waals surface area contributed by atoms with Crippen molar-refractivity contribution >= 4 is 23.4 Å². The van der Waals surface area contributed by atoms with Crippen LogP contribution in [0.3, 0.4) is 0 Å². The molecule has 1 heterocycles. The highest BCUT2D eigenvalue weighted by molar-refractivity contribution is 6.33. The van der Waals surface area contributed by atoms with E-state index in [1.165, 1.54) is 0 Å². The van der Waals surface area contributed by atoms with Gasteiger partial charge >= 0.3 is 0 Å². The van der Waals surface area contributed by atoms with Crippen molar-refractivity contribution in [1.29, 1.82) is 0 Å². The SMILES string of the molecule is CCCNC(=O)[C@@H]1CN(C(=O)c2ccccc2Cl)C[C@H]1c1ccccc1C. The first-order chi connectivity index (χ1) is 13.0. The molecule has 2 aromatic carbocycles. The highest BCUT2D eigenvalue weighted by Gasteiger charge is 2.41. The molecule has 0 unspecified atom stereocenters. The van der Waals surface area contributed by atoms with E-state index in [1.807, 2.05) is 19.1 Å². The first-order valence-corrected chi connectivity index (χ1v) is 9.77. The van der Waals surface area contributed by atoms with Gasteiger partial charge in [0.25, 0.3) is 5.91 Å². The summed E-state index contributed by atoms with van der Waals surface area (Å²) in [5.41, 5.74) is 2.75. The van der Waals surface area contributed by atoms with Crippen LogP contribution in [-0.2, 0) is 4.79 Å². The average Bonchev–Trinajstić information content (AvgIpc) is 3.11. The van der Waals surface area contributed by atoms with Gasteiger partial charge in [0.2, 0.25) is 5.91 Å². The lowest BCUT2D eigenvalue weighted by Crippen LogP contribution is -2.36. The maximum atomic E-state index is 13.0. The standard InChI is InChI=1S/C22H25ClN2O2/c1-3-12-24-21(26)19-14-25(22(27)17-10-6-7-11-20(17)23)13-18(19)16-9-5-4-8-15(16)2/h4-11,18-19H,3,12-14H2,1-2H3,(H,24,26)/t18-,19+/m0/s1. The van der Waals surface area contributed by atoms with E-state index in [-0.39, 0.29) is 23.7 Å². The van der Waals surface area contributed by atoms with Crippen LogP contribution in [0.25, 0.3) is 0 Å². The second-order valence-corrected chi connectivity index (χ2v) is 7.46. The molecule has 2 atom stereocenters. The third-order valence-corrected chi connectivity index (χ3v) is 5.51. The maximum Gasteiger partial charge on any atom is 0.255 e. The zero-order valence-electron chi connectivity index (χ0n) is 15.7. The first-order valence-electron chi connectivity index (χ1n) is 9.40. The Balaban J connectivity index is 1.89. The fourth-order valence-corrected chi connectivity index (χ4v) is 3.95. The van der Waals surface area contributed by atoms with E-state index < -0.39 is 0 Å². The van der Waals surface area contributed by atoms with Crippen LogP contribution in [0, 0.1) is 12.8 Å². The minimum atomic E-state index is -0.260. The molecule has 142 valence electrons. The number of benzene rings is 2. The molecule has 1 saturated heterocycles. The zero-order chi connectivity index (χ0) is 19.4. The van der Waals surface area contributed by atoms with E-state index in [4.69, 9.17) is 11.6 Å². The van der Waals surface area contributed by atoms with Gasteiger partial charge < -0.3 is 10.2 Å². The van der Waals surface area contributed by atoms with Crippen LogP contribution in [0.15, 0.2) is 48.5 Å². The summed E-state index contributed by atoms with van der Waals surface area (Å²) in [6.45, 7) is 5.64. The third-order valence-electron chi connectivity index (χ3n) is 5.19. The van der Waals surface area contributed by atoms with Crippen molar-refractivity contribution in [1.82, 2.24) is 10.2 Å². The molecule has 4 nitrogen and oxygen atoms in total. The van der Waals surface area contributed by atoms with Gasteiger partial charge in [-0.3, -0.25) is 9.59 Å². The Morgan fingerprint density at radius 2 is 1.81 bits per heavy atom. The smallest absolute Gasteiger partial charge is 0.255 e. The van der Waals surface area contributed by atoms with Gasteiger partial charge in [0.15, 0.2) is 0 Å². The van der Waals surface area contributed by atoms with E-state index >= 15 is 0 Å². The monoisotopic (exact) mass is 384 g/mol. The molecule has 0 radical (unpaired) electrons. The van der Waals surface area contributed by atoms with Crippen LogP contribution in [0.4, 0.5) is 0 Å². The fourth-order valence-electron chi connectivity index (χ4n) is 3.74. The van der Waals surface area contributed by atoms with Gasteiger partial charge in [-0.2, -0.15) is 0 Å². The lowest BCUT2D eigenvalue weighted by Gasteiger charge is -2.19. The Kier molecular flexibility index (Phi) is 6.17. The van der Waals surface area contributed by atoms with Gasteiger partial charge in [-0.05, 0) is 36.6 Å². The quantitative estimate of drug-likeness (QED) is 0.846. The second-order valence-electron chi connectivity index (χ2n) is 7.05. The Hall–Kier alpha value is -2.33. The number of nitrogens with zero attached hydrogens (tertiary/aromatic N) is 1. The molecule has 5 heteroatoms. The molecule has 2 amide bonds. The molecule has 0 saturated carbocycles. The molecule has 0 bridgehead atoms. The summed E-state index contributed by atoms with van der Waals surface area (Å²) in [6, 6.07) is 15.2. The molecule has 27 heavy (non-hydrogen) atoms. The molecule has 1 aliphatic rings. The van der Waals surface area contributed by atoms with Gasteiger partial charge in [0.05, 0.1) is 16.5 Å². The summed E-state index contributed by atoms with van der Waals surface area (Å²) in [5.74, 6) is -0.386. The average molecular weight is 385 g/mol. The number of carbonyl (C=O) groups is 2. The highest BCUT2D eigenvalue weighted by atomic mass is 35.5. The number of rotatable bonds is 5.